The molecule has 6 heteroatoms. The average Bonchev–Trinajstić information content (AvgIpc) is 2.94. The molecule has 0 radical (unpaired) electrons. The maximum absolute atomic E-state index is 13.8. The van der Waals surface area contributed by atoms with E-state index in [0.717, 1.165) is 37.9 Å². The van der Waals surface area contributed by atoms with E-state index in [0.29, 0.717) is 23.4 Å². The number of carbonyl (C=O) groups is 2. The number of halogens is 1. The van der Waals surface area contributed by atoms with Gasteiger partial charge in [-0.2, -0.15) is 0 Å². The molecule has 4 bridgehead atoms. The van der Waals surface area contributed by atoms with Crippen LogP contribution in [0.1, 0.15) is 52.5 Å². The van der Waals surface area contributed by atoms with Crippen molar-refractivity contribution in [2.75, 3.05) is 13.1 Å². The normalized spacial score (nSPS) is 32.0. The van der Waals surface area contributed by atoms with E-state index < -0.39 is 5.54 Å². The minimum atomic E-state index is -0.811. The summed E-state index contributed by atoms with van der Waals surface area (Å²) in [6.07, 6.45) is 2.92. The van der Waals surface area contributed by atoms with Gasteiger partial charge in [-0.05, 0) is 61.3 Å². The maximum Gasteiger partial charge on any atom is 0.248 e. The summed E-state index contributed by atoms with van der Waals surface area (Å²) >= 11 is 5.99. The van der Waals surface area contributed by atoms with E-state index in [-0.39, 0.29) is 35.6 Å². The Kier molecular flexibility index (Phi) is 6.37. The molecule has 1 aromatic carbocycles. The number of fused-ring (bicyclic) bond motifs is 1. The van der Waals surface area contributed by atoms with Crippen LogP contribution in [0.15, 0.2) is 24.3 Å². The number of likely N-dealkylation sites (tertiary alicyclic amines) is 1. The highest BCUT2D eigenvalue weighted by Crippen LogP contribution is 2.54. The second-order valence-electron chi connectivity index (χ2n) is 10.6. The van der Waals surface area contributed by atoms with Crippen LogP contribution in [0.25, 0.3) is 0 Å². The van der Waals surface area contributed by atoms with Crippen molar-refractivity contribution in [1.82, 2.24) is 15.5 Å². The van der Waals surface area contributed by atoms with E-state index in [1.54, 1.807) is 0 Å². The minimum Gasteiger partial charge on any atom is -0.350 e. The van der Waals surface area contributed by atoms with Crippen molar-refractivity contribution in [2.24, 2.45) is 29.6 Å². The molecule has 5 unspecified atom stereocenters. The smallest absolute Gasteiger partial charge is 0.248 e. The topological polar surface area (TPSA) is 61.4 Å². The summed E-state index contributed by atoms with van der Waals surface area (Å²) in [6.45, 7) is 11.3. The Labute approximate surface area is 191 Å². The van der Waals surface area contributed by atoms with E-state index in [1.165, 1.54) is 0 Å². The molecule has 5 rings (SSSR count). The zero-order valence-corrected chi connectivity index (χ0v) is 19.9. The maximum atomic E-state index is 13.8. The highest BCUT2D eigenvalue weighted by molar-refractivity contribution is 6.30. The Hall–Kier alpha value is -1.59. The molecule has 5 nitrogen and oxygen atoms in total. The standard InChI is InChI=1S/C25H36ClN3O2/c1-15(2)9-10-29-14-18-12-21-20(11-16(3)4)22(29)25(18,28-23(21)30)24(31)27-13-17-5-7-19(26)8-6-17/h5-8,15-16,18,20-22H,9-14H2,1-4H3,(H,27,31)(H,28,30). The van der Waals surface area contributed by atoms with Crippen molar-refractivity contribution >= 4 is 23.4 Å². The molecule has 2 N–H and O–H groups in total. The van der Waals surface area contributed by atoms with Crippen molar-refractivity contribution in [3.63, 3.8) is 0 Å². The predicted octanol–water partition coefficient (Wildman–Crippen LogP) is 3.85. The quantitative estimate of drug-likeness (QED) is 0.638. The first kappa shape index (κ1) is 22.6. The second kappa shape index (κ2) is 8.74. The Bertz CT molecular complexity index is 825. The molecule has 31 heavy (non-hydrogen) atoms. The lowest BCUT2D eigenvalue weighted by atomic mass is 9.57. The molecule has 3 heterocycles. The molecule has 4 aliphatic rings. The lowest BCUT2D eigenvalue weighted by molar-refractivity contribution is -0.155. The van der Waals surface area contributed by atoms with Gasteiger partial charge < -0.3 is 10.6 Å². The summed E-state index contributed by atoms with van der Waals surface area (Å²) in [5, 5.41) is 7.09. The third-order valence-electron chi connectivity index (χ3n) is 7.57. The lowest BCUT2D eigenvalue weighted by Crippen LogP contribution is -2.77. The van der Waals surface area contributed by atoms with Crippen LogP contribution in [0.3, 0.4) is 0 Å². The summed E-state index contributed by atoms with van der Waals surface area (Å²) in [5.41, 5.74) is 0.196. The van der Waals surface area contributed by atoms with Crippen LogP contribution in [-0.4, -0.2) is 41.4 Å². The van der Waals surface area contributed by atoms with E-state index in [4.69, 9.17) is 11.6 Å². The van der Waals surface area contributed by atoms with Crippen molar-refractivity contribution in [3.8, 4) is 0 Å². The molecule has 1 saturated carbocycles. The highest BCUT2D eigenvalue weighted by Gasteiger charge is 2.70. The van der Waals surface area contributed by atoms with Crippen LogP contribution >= 0.6 is 11.6 Å². The molecule has 0 aromatic heterocycles. The molecule has 0 spiro atoms. The molecule has 2 amide bonds. The van der Waals surface area contributed by atoms with E-state index in [1.807, 2.05) is 24.3 Å². The van der Waals surface area contributed by atoms with Crippen molar-refractivity contribution in [1.29, 1.82) is 0 Å². The summed E-state index contributed by atoms with van der Waals surface area (Å²) in [7, 11) is 0. The molecular formula is C25H36ClN3O2. The van der Waals surface area contributed by atoms with Gasteiger partial charge in [0.25, 0.3) is 0 Å². The van der Waals surface area contributed by atoms with Gasteiger partial charge in [-0.25, -0.2) is 0 Å². The second-order valence-corrected chi connectivity index (χ2v) is 11.1. The highest BCUT2D eigenvalue weighted by atomic mass is 35.5. The first-order chi connectivity index (χ1) is 14.7. The third kappa shape index (κ3) is 4.11. The predicted molar refractivity (Wildman–Crippen MR) is 124 cm³/mol. The number of hydrogen-bond acceptors (Lipinski definition) is 3. The zero-order chi connectivity index (χ0) is 22.3. The zero-order valence-electron chi connectivity index (χ0n) is 19.2. The number of carbonyl (C=O) groups excluding carboxylic acids is 2. The van der Waals surface area contributed by atoms with Crippen molar-refractivity contribution < 1.29 is 9.59 Å². The molecule has 1 aliphatic carbocycles. The average molecular weight is 446 g/mol. The van der Waals surface area contributed by atoms with E-state index >= 15 is 0 Å². The van der Waals surface area contributed by atoms with Crippen LogP contribution < -0.4 is 10.6 Å². The largest absolute Gasteiger partial charge is 0.350 e. The van der Waals surface area contributed by atoms with Crippen LogP contribution in [0.2, 0.25) is 5.02 Å². The van der Waals surface area contributed by atoms with Crippen molar-refractivity contribution in [2.45, 2.75) is 65.1 Å². The van der Waals surface area contributed by atoms with Gasteiger partial charge in [-0.15, -0.1) is 0 Å². The van der Waals surface area contributed by atoms with Crippen molar-refractivity contribution in [3.05, 3.63) is 34.9 Å². The summed E-state index contributed by atoms with van der Waals surface area (Å²) < 4.78 is 0. The van der Waals surface area contributed by atoms with Gasteiger partial charge in [0.2, 0.25) is 11.8 Å². The minimum absolute atomic E-state index is 0.0234. The van der Waals surface area contributed by atoms with Gasteiger partial charge in [0.05, 0.1) is 0 Å². The SMILES string of the molecule is CC(C)CCN1CC2CC3C(=O)NC2(C(=O)NCc2ccc(Cl)cc2)C1C3CC(C)C. The number of nitrogens with zero attached hydrogens (tertiary/aromatic N) is 1. The third-order valence-corrected chi connectivity index (χ3v) is 7.82. The number of benzene rings is 1. The fraction of sp³-hybridized carbons (Fsp3) is 0.680. The number of nitrogens with one attached hydrogen (secondary N) is 2. The van der Waals surface area contributed by atoms with Crippen LogP contribution in [0, 0.1) is 29.6 Å². The lowest BCUT2D eigenvalue weighted by Gasteiger charge is -2.55. The van der Waals surface area contributed by atoms with Gasteiger partial charge in [0.1, 0.15) is 5.54 Å². The Morgan fingerprint density at radius 2 is 1.94 bits per heavy atom. The van der Waals surface area contributed by atoms with Crippen LogP contribution in [0.4, 0.5) is 0 Å². The molecule has 170 valence electrons. The van der Waals surface area contributed by atoms with Crippen LogP contribution in [0.5, 0.6) is 0 Å². The van der Waals surface area contributed by atoms with Gasteiger partial charge in [0, 0.05) is 36.0 Å². The fourth-order valence-corrected chi connectivity index (χ4v) is 6.34. The van der Waals surface area contributed by atoms with Gasteiger partial charge in [-0.3, -0.25) is 14.5 Å². The Morgan fingerprint density at radius 3 is 2.58 bits per heavy atom. The fourth-order valence-electron chi connectivity index (χ4n) is 6.21. The Balaban J connectivity index is 1.61. The van der Waals surface area contributed by atoms with Gasteiger partial charge >= 0.3 is 0 Å². The van der Waals surface area contributed by atoms with E-state index in [9.17, 15) is 9.59 Å². The van der Waals surface area contributed by atoms with Gasteiger partial charge in [-0.1, -0.05) is 51.4 Å². The van der Waals surface area contributed by atoms with E-state index in [2.05, 4.69) is 43.2 Å². The van der Waals surface area contributed by atoms with Gasteiger partial charge in [0.15, 0.2) is 0 Å². The molecule has 3 saturated heterocycles. The summed E-state index contributed by atoms with van der Waals surface area (Å²) in [6, 6.07) is 7.62. The van der Waals surface area contributed by atoms with Crippen LogP contribution in [-0.2, 0) is 16.1 Å². The number of hydrogen-bond donors (Lipinski definition) is 2. The molecule has 5 atom stereocenters. The number of rotatable bonds is 8. The number of amides is 2. The summed E-state index contributed by atoms with van der Waals surface area (Å²) in [4.78, 5) is 29.3. The summed E-state index contributed by atoms with van der Waals surface area (Å²) in [5.74, 6) is 1.62. The molecule has 1 aromatic rings. The molecular weight excluding hydrogens is 410 g/mol. The first-order valence-electron chi connectivity index (χ1n) is 11.8. The number of piperidine rings is 2. The first-order valence-corrected chi connectivity index (χ1v) is 12.2. The molecule has 4 fully saturated rings. The molecule has 3 aliphatic heterocycles. The monoisotopic (exact) mass is 445 g/mol. The Morgan fingerprint density at radius 1 is 1.23 bits per heavy atom.